The molecule has 1 saturated heterocycles. The molecule has 2 aliphatic rings. The number of alkyl halides is 3. The molecule has 2 aromatic rings. The van der Waals surface area contributed by atoms with E-state index < -0.39 is 35.2 Å². The van der Waals surface area contributed by atoms with Crippen molar-refractivity contribution in [3.05, 3.63) is 33.9 Å². The molecular formula is C23H29F5N4OS. The third-order valence-electron chi connectivity index (χ3n) is 6.59. The van der Waals surface area contributed by atoms with E-state index in [9.17, 15) is 26.7 Å². The van der Waals surface area contributed by atoms with Crippen LogP contribution in [0.25, 0.3) is 10.9 Å². The molecule has 0 unspecified atom stereocenters. The van der Waals surface area contributed by atoms with Gasteiger partial charge in [-0.05, 0) is 31.7 Å². The van der Waals surface area contributed by atoms with Gasteiger partial charge in [0.2, 0.25) is 0 Å². The molecule has 1 aromatic carbocycles. The molecule has 0 atom stereocenters. The molecule has 0 bridgehead atoms. The first-order chi connectivity index (χ1) is 16.2. The molecule has 4 rings (SSSR count). The Morgan fingerprint density at radius 1 is 1.09 bits per heavy atom. The van der Waals surface area contributed by atoms with E-state index >= 15 is 0 Å². The molecule has 0 radical (unpaired) electrons. The summed E-state index contributed by atoms with van der Waals surface area (Å²) in [5.41, 5.74) is -0.695. The number of hydrogen-bond acceptors (Lipinski definition) is 5. The lowest BCUT2D eigenvalue weighted by Crippen LogP contribution is -2.40. The first kappa shape index (κ1) is 25.2. The standard InChI is InChI=1S/C23H29F5N4OS/c24-20-17(29-14-6-9-32(10-7-14)11-8-23(26,27)28)12-16-19(21(20)25)22(33)31-18(30-16)13-34-15-4-2-1-3-5-15/h12,14-15,29H,1-11,13H2,(H,30,31,33). The van der Waals surface area contributed by atoms with E-state index in [1.807, 2.05) is 0 Å². The topological polar surface area (TPSA) is 61.0 Å². The summed E-state index contributed by atoms with van der Waals surface area (Å²) in [4.78, 5) is 21.2. The maximum atomic E-state index is 14.8. The molecule has 2 N–H and O–H groups in total. The van der Waals surface area contributed by atoms with Crippen molar-refractivity contribution in [2.75, 3.05) is 25.0 Å². The molecule has 1 saturated carbocycles. The highest BCUT2D eigenvalue weighted by molar-refractivity contribution is 7.99. The summed E-state index contributed by atoms with van der Waals surface area (Å²) >= 11 is 1.72. The van der Waals surface area contributed by atoms with E-state index in [1.54, 1.807) is 16.7 Å². The molecule has 34 heavy (non-hydrogen) atoms. The number of rotatable bonds is 7. The highest BCUT2D eigenvalue weighted by Crippen LogP contribution is 2.31. The summed E-state index contributed by atoms with van der Waals surface area (Å²) in [5.74, 6) is -1.47. The minimum atomic E-state index is -4.19. The normalized spacial score (nSPS) is 19.1. The Hall–Kier alpha value is -1.88. The van der Waals surface area contributed by atoms with E-state index in [0.29, 0.717) is 42.8 Å². The van der Waals surface area contributed by atoms with Crippen LogP contribution in [0.4, 0.5) is 27.6 Å². The lowest BCUT2D eigenvalue weighted by atomic mass is 10.0. The molecule has 1 aromatic heterocycles. The van der Waals surface area contributed by atoms with Crippen molar-refractivity contribution in [2.45, 2.75) is 74.6 Å². The predicted octanol–water partition coefficient (Wildman–Crippen LogP) is 5.60. The summed E-state index contributed by atoms with van der Waals surface area (Å²) < 4.78 is 66.8. The quantitative estimate of drug-likeness (QED) is 0.481. The number of thioether (sulfide) groups is 1. The average molecular weight is 505 g/mol. The van der Waals surface area contributed by atoms with Gasteiger partial charge >= 0.3 is 6.18 Å². The third kappa shape index (κ3) is 6.41. The van der Waals surface area contributed by atoms with Crippen molar-refractivity contribution < 1.29 is 22.0 Å². The van der Waals surface area contributed by atoms with E-state index in [4.69, 9.17) is 0 Å². The second-order valence-electron chi connectivity index (χ2n) is 9.16. The molecule has 188 valence electrons. The predicted molar refractivity (Wildman–Crippen MR) is 124 cm³/mol. The van der Waals surface area contributed by atoms with Gasteiger partial charge in [-0.2, -0.15) is 24.9 Å². The Morgan fingerprint density at radius 2 is 1.79 bits per heavy atom. The molecule has 2 fully saturated rings. The summed E-state index contributed by atoms with van der Waals surface area (Å²) in [6.07, 6.45) is 1.84. The van der Waals surface area contributed by atoms with Gasteiger partial charge < -0.3 is 15.2 Å². The lowest BCUT2D eigenvalue weighted by molar-refractivity contribution is -0.138. The van der Waals surface area contributed by atoms with Crippen LogP contribution in [0.1, 0.15) is 57.2 Å². The smallest absolute Gasteiger partial charge is 0.380 e. The number of likely N-dealkylation sites (tertiary alicyclic amines) is 1. The van der Waals surface area contributed by atoms with Crippen molar-refractivity contribution >= 4 is 28.4 Å². The fourth-order valence-electron chi connectivity index (χ4n) is 4.69. The van der Waals surface area contributed by atoms with Crippen molar-refractivity contribution in [1.82, 2.24) is 14.9 Å². The minimum absolute atomic E-state index is 0.0659. The highest BCUT2D eigenvalue weighted by Gasteiger charge is 2.29. The second kappa shape index (κ2) is 10.8. The number of anilines is 1. The molecule has 0 spiro atoms. The Labute approximate surface area is 198 Å². The number of nitrogens with one attached hydrogen (secondary N) is 2. The average Bonchev–Trinajstić information content (AvgIpc) is 2.80. The van der Waals surface area contributed by atoms with Gasteiger partial charge in [-0.3, -0.25) is 4.79 Å². The lowest BCUT2D eigenvalue weighted by Gasteiger charge is -2.33. The molecule has 2 heterocycles. The first-order valence-corrected chi connectivity index (χ1v) is 12.8. The van der Waals surface area contributed by atoms with Gasteiger partial charge in [0.15, 0.2) is 11.6 Å². The Kier molecular flexibility index (Phi) is 8.01. The number of aromatic amines is 1. The summed E-state index contributed by atoms with van der Waals surface area (Å²) in [6.45, 7) is 0.807. The minimum Gasteiger partial charge on any atom is -0.380 e. The molecule has 11 heteroatoms. The van der Waals surface area contributed by atoms with Gasteiger partial charge in [-0.1, -0.05) is 19.3 Å². The van der Waals surface area contributed by atoms with Gasteiger partial charge in [0.25, 0.3) is 5.56 Å². The van der Waals surface area contributed by atoms with Crippen LogP contribution in [0.5, 0.6) is 0 Å². The molecule has 0 amide bonds. The number of benzene rings is 1. The zero-order valence-electron chi connectivity index (χ0n) is 18.8. The van der Waals surface area contributed by atoms with E-state index in [1.165, 1.54) is 25.3 Å². The first-order valence-electron chi connectivity index (χ1n) is 11.8. The van der Waals surface area contributed by atoms with Crippen molar-refractivity contribution in [3.8, 4) is 0 Å². The highest BCUT2D eigenvalue weighted by atomic mass is 32.2. The molecular weight excluding hydrogens is 475 g/mol. The van der Waals surface area contributed by atoms with Crippen molar-refractivity contribution in [1.29, 1.82) is 0 Å². The monoisotopic (exact) mass is 504 g/mol. The van der Waals surface area contributed by atoms with Gasteiger partial charge in [0, 0.05) is 30.9 Å². The Bertz CT molecular complexity index is 1050. The fourth-order valence-corrected chi connectivity index (χ4v) is 5.89. The number of H-pyrrole nitrogens is 1. The Balaban J connectivity index is 1.44. The van der Waals surface area contributed by atoms with E-state index in [2.05, 4.69) is 15.3 Å². The zero-order chi connectivity index (χ0) is 24.3. The summed E-state index contributed by atoms with van der Waals surface area (Å²) in [6, 6.07) is 1.14. The summed E-state index contributed by atoms with van der Waals surface area (Å²) in [5, 5.41) is 3.08. The molecule has 1 aliphatic carbocycles. The van der Waals surface area contributed by atoms with Gasteiger partial charge in [0.1, 0.15) is 11.2 Å². The molecule has 1 aliphatic heterocycles. The van der Waals surface area contributed by atoms with Gasteiger partial charge in [-0.25, -0.2) is 13.8 Å². The zero-order valence-corrected chi connectivity index (χ0v) is 19.6. The summed E-state index contributed by atoms with van der Waals surface area (Å²) in [7, 11) is 0. The van der Waals surface area contributed by atoms with Crippen LogP contribution in [-0.4, -0.2) is 52.0 Å². The van der Waals surface area contributed by atoms with Crippen LogP contribution in [0.3, 0.4) is 0 Å². The van der Waals surface area contributed by atoms with E-state index in [0.717, 1.165) is 12.8 Å². The van der Waals surface area contributed by atoms with E-state index in [-0.39, 0.29) is 23.8 Å². The van der Waals surface area contributed by atoms with Gasteiger partial charge in [0.05, 0.1) is 23.4 Å². The number of fused-ring (bicyclic) bond motifs is 1. The number of piperidine rings is 1. The maximum absolute atomic E-state index is 14.8. The van der Waals surface area contributed by atoms with Crippen LogP contribution < -0.4 is 10.9 Å². The van der Waals surface area contributed by atoms with Crippen LogP contribution >= 0.6 is 11.8 Å². The van der Waals surface area contributed by atoms with Crippen LogP contribution in [0.15, 0.2) is 10.9 Å². The maximum Gasteiger partial charge on any atom is 0.390 e. The Morgan fingerprint density at radius 3 is 2.47 bits per heavy atom. The van der Waals surface area contributed by atoms with Crippen LogP contribution in [-0.2, 0) is 5.75 Å². The third-order valence-corrected chi connectivity index (χ3v) is 7.98. The van der Waals surface area contributed by atoms with Crippen molar-refractivity contribution in [2.24, 2.45) is 0 Å². The number of halogens is 5. The number of hydrogen-bond donors (Lipinski definition) is 2. The molecule has 5 nitrogen and oxygen atoms in total. The SMILES string of the molecule is O=c1[nH]c(CSC2CCCCC2)nc2cc(NC3CCN(CCC(F)(F)F)CC3)c(F)c(F)c12. The van der Waals surface area contributed by atoms with Gasteiger partial charge in [-0.15, -0.1) is 0 Å². The fraction of sp³-hybridized carbons (Fsp3) is 0.652. The largest absolute Gasteiger partial charge is 0.390 e. The van der Waals surface area contributed by atoms with Crippen LogP contribution in [0.2, 0.25) is 0 Å². The van der Waals surface area contributed by atoms with Crippen molar-refractivity contribution in [3.63, 3.8) is 0 Å². The van der Waals surface area contributed by atoms with Crippen LogP contribution in [0, 0.1) is 11.6 Å². The number of nitrogens with zero attached hydrogens (tertiary/aromatic N) is 2. The number of aromatic nitrogens is 2. The second-order valence-corrected chi connectivity index (χ2v) is 10.4.